The molecule has 0 radical (unpaired) electrons. The lowest BCUT2D eigenvalue weighted by Gasteiger charge is -2.21. The van der Waals surface area contributed by atoms with Gasteiger partial charge in [-0.15, -0.1) is 0 Å². The molecule has 0 aromatic heterocycles. The van der Waals surface area contributed by atoms with E-state index in [2.05, 4.69) is 21.3 Å². The Labute approximate surface area is 149 Å². The molecule has 1 aromatic rings. The van der Waals surface area contributed by atoms with Crippen LogP contribution in [0.25, 0.3) is 0 Å². The van der Waals surface area contributed by atoms with Gasteiger partial charge in [0.2, 0.25) is 0 Å². The van der Waals surface area contributed by atoms with Crippen molar-refractivity contribution in [2.75, 3.05) is 38.7 Å². The van der Waals surface area contributed by atoms with Gasteiger partial charge in [0.15, 0.2) is 0 Å². The van der Waals surface area contributed by atoms with E-state index < -0.39 is 0 Å². The number of rotatable bonds is 8. The van der Waals surface area contributed by atoms with Crippen LogP contribution < -0.4 is 21.3 Å². The van der Waals surface area contributed by atoms with E-state index >= 15 is 0 Å². The van der Waals surface area contributed by atoms with E-state index in [0.717, 1.165) is 12.1 Å². The molecule has 0 aliphatic carbocycles. The Balaban J connectivity index is 2.58. The highest BCUT2D eigenvalue weighted by Crippen LogP contribution is 2.17. The molecule has 0 unspecified atom stereocenters. The predicted octanol–water partition coefficient (Wildman–Crippen LogP) is 1.88. The van der Waals surface area contributed by atoms with Gasteiger partial charge in [0.1, 0.15) is 0 Å². The molecule has 4 N–H and O–H groups in total. The van der Waals surface area contributed by atoms with Crippen LogP contribution in [0.4, 0.5) is 10.5 Å². The molecular weight excluding hydrogens is 320 g/mol. The molecule has 0 aliphatic rings. The first-order chi connectivity index (χ1) is 11.7. The third-order valence-electron chi connectivity index (χ3n) is 3.31. The summed E-state index contributed by atoms with van der Waals surface area (Å²) in [4.78, 5) is 24.2. The topological polar surface area (TPSA) is 91.5 Å². The molecule has 25 heavy (non-hydrogen) atoms. The molecule has 1 aromatic carbocycles. The molecule has 0 heterocycles. The van der Waals surface area contributed by atoms with Crippen molar-refractivity contribution < 1.29 is 14.3 Å². The van der Waals surface area contributed by atoms with Crippen LogP contribution in [0, 0.1) is 6.92 Å². The smallest absolute Gasteiger partial charge is 0.319 e. The van der Waals surface area contributed by atoms with Crippen LogP contribution >= 0.6 is 0 Å². The molecular formula is C18H30N4O3. The summed E-state index contributed by atoms with van der Waals surface area (Å²) in [5.41, 5.74) is 1.69. The minimum Gasteiger partial charge on any atom is -0.383 e. The average Bonchev–Trinajstić information content (AvgIpc) is 2.50. The summed E-state index contributed by atoms with van der Waals surface area (Å²) in [6.07, 6.45) is 0. The van der Waals surface area contributed by atoms with Gasteiger partial charge in [-0.25, -0.2) is 4.79 Å². The minimum atomic E-state index is -0.331. The number of hydrogen-bond donors (Lipinski definition) is 4. The highest BCUT2D eigenvalue weighted by Gasteiger charge is 2.15. The number of hydrogen-bond acceptors (Lipinski definition) is 4. The monoisotopic (exact) mass is 350 g/mol. The Hall–Kier alpha value is -2.12. The number of aryl methyl sites for hydroxylation is 1. The van der Waals surface area contributed by atoms with Crippen LogP contribution in [-0.4, -0.2) is 50.8 Å². The van der Waals surface area contributed by atoms with Gasteiger partial charge < -0.3 is 26.0 Å². The van der Waals surface area contributed by atoms with Gasteiger partial charge >= 0.3 is 6.03 Å². The van der Waals surface area contributed by atoms with Crippen LogP contribution in [0.2, 0.25) is 0 Å². The maximum Gasteiger partial charge on any atom is 0.319 e. The quantitative estimate of drug-likeness (QED) is 0.539. The molecule has 0 spiro atoms. The molecule has 0 aliphatic heterocycles. The van der Waals surface area contributed by atoms with Crippen molar-refractivity contribution >= 4 is 17.6 Å². The number of urea groups is 1. The summed E-state index contributed by atoms with van der Waals surface area (Å²) >= 11 is 0. The fraction of sp³-hybridized carbons (Fsp3) is 0.556. The largest absolute Gasteiger partial charge is 0.383 e. The standard InChI is InChI=1S/C18H30N4O3/c1-13-6-7-14(16(23)20-9-8-19-10-11-25-5)12-15(13)21-17(24)22-18(2,3)4/h6-7,12,19H,8-11H2,1-5H3,(H,20,23)(H2,21,22,24). The van der Waals surface area contributed by atoms with Crippen LogP contribution in [0.15, 0.2) is 18.2 Å². The Morgan fingerprint density at radius 1 is 1.12 bits per heavy atom. The zero-order chi connectivity index (χ0) is 18.9. The molecule has 0 saturated carbocycles. The molecule has 0 atom stereocenters. The number of carbonyl (C=O) groups excluding carboxylic acids is 2. The molecule has 3 amide bonds. The van der Waals surface area contributed by atoms with Gasteiger partial charge in [0.25, 0.3) is 5.91 Å². The summed E-state index contributed by atoms with van der Waals surface area (Å²) in [5, 5.41) is 11.6. The lowest BCUT2D eigenvalue weighted by molar-refractivity contribution is 0.0953. The maximum atomic E-state index is 12.2. The van der Waals surface area contributed by atoms with Crippen molar-refractivity contribution in [3.05, 3.63) is 29.3 Å². The number of ether oxygens (including phenoxy) is 1. The zero-order valence-electron chi connectivity index (χ0n) is 15.8. The summed E-state index contributed by atoms with van der Waals surface area (Å²) in [6.45, 7) is 10.2. The van der Waals surface area contributed by atoms with Gasteiger partial charge in [-0.3, -0.25) is 4.79 Å². The van der Waals surface area contributed by atoms with Crippen molar-refractivity contribution in [2.24, 2.45) is 0 Å². The predicted molar refractivity (Wildman–Crippen MR) is 100 cm³/mol. The second-order valence-electron chi connectivity index (χ2n) is 6.86. The van der Waals surface area contributed by atoms with Crippen LogP contribution in [-0.2, 0) is 4.74 Å². The van der Waals surface area contributed by atoms with Crippen molar-refractivity contribution in [3.8, 4) is 0 Å². The van der Waals surface area contributed by atoms with Crippen LogP contribution in [0.5, 0.6) is 0 Å². The number of benzene rings is 1. The normalized spacial score (nSPS) is 11.1. The van der Waals surface area contributed by atoms with E-state index in [1.165, 1.54) is 0 Å². The highest BCUT2D eigenvalue weighted by molar-refractivity contribution is 5.97. The fourth-order valence-corrected chi connectivity index (χ4v) is 2.06. The number of anilines is 1. The first-order valence-electron chi connectivity index (χ1n) is 8.40. The number of nitrogens with one attached hydrogen (secondary N) is 4. The summed E-state index contributed by atoms with van der Waals surface area (Å²) < 4.78 is 4.94. The third kappa shape index (κ3) is 8.51. The molecule has 0 bridgehead atoms. The van der Waals surface area contributed by atoms with Gasteiger partial charge in [0, 0.05) is 43.5 Å². The molecule has 7 nitrogen and oxygen atoms in total. The van der Waals surface area contributed by atoms with Crippen LogP contribution in [0.1, 0.15) is 36.7 Å². The van der Waals surface area contributed by atoms with E-state index in [4.69, 9.17) is 4.74 Å². The van der Waals surface area contributed by atoms with Gasteiger partial charge in [-0.05, 0) is 45.4 Å². The van der Waals surface area contributed by atoms with E-state index in [1.54, 1.807) is 19.2 Å². The van der Waals surface area contributed by atoms with E-state index in [0.29, 0.717) is 30.9 Å². The third-order valence-corrected chi connectivity index (χ3v) is 3.31. The first kappa shape index (κ1) is 20.9. The van der Waals surface area contributed by atoms with E-state index in [9.17, 15) is 9.59 Å². The van der Waals surface area contributed by atoms with E-state index in [1.807, 2.05) is 33.8 Å². The highest BCUT2D eigenvalue weighted by atomic mass is 16.5. The fourth-order valence-electron chi connectivity index (χ4n) is 2.06. The lowest BCUT2D eigenvalue weighted by Crippen LogP contribution is -2.43. The Kier molecular flexibility index (Phi) is 8.37. The first-order valence-corrected chi connectivity index (χ1v) is 8.40. The maximum absolute atomic E-state index is 12.2. The van der Waals surface area contributed by atoms with Gasteiger partial charge in [-0.1, -0.05) is 6.07 Å². The van der Waals surface area contributed by atoms with Crippen molar-refractivity contribution in [3.63, 3.8) is 0 Å². The summed E-state index contributed by atoms with van der Waals surface area (Å²) in [7, 11) is 1.65. The van der Waals surface area contributed by atoms with Gasteiger partial charge in [0.05, 0.1) is 6.61 Å². The van der Waals surface area contributed by atoms with Crippen molar-refractivity contribution in [2.45, 2.75) is 33.2 Å². The molecule has 0 fully saturated rings. The second kappa shape index (κ2) is 10.0. The molecule has 0 saturated heterocycles. The second-order valence-corrected chi connectivity index (χ2v) is 6.86. The number of methoxy groups -OCH3 is 1. The number of carbonyl (C=O) groups is 2. The zero-order valence-corrected chi connectivity index (χ0v) is 15.8. The van der Waals surface area contributed by atoms with Crippen LogP contribution in [0.3, 0.4) is 0 Å². The lowest BCUT2D eigenvalue weighted by atomic mass is 10.1. The van der Waals surface area contributed by atoms with Gasteiger partial charge in [-0.2, -0.15) is 0 Å². The molecule has 1 rings (SSSR count). The summed E-state index contributed by atoms with van der Waals surface area (Å²) in [5.74, 6) is -0.173. The SMILES string of the molecule is COCCNCCNC(=O)c1ccc(C)c(NC(=O)NC(C)(C)C)c1. The van der Waals surface area contributed by atoms with E-state index in [-0.39, 0.29) is 17.5 Å². The Morgan fingerprint density at radius 2 is 1.84 bits per heavy atom. The molecule has 140 valence electrons. The van der Waals surface area contributed by atoms with Crippen molar-refractivity contribution in [1.29, 1.82) is 0 Å². The Morgan fingerprint density at radius 3 is 2.48 bits per heavy atom. The van der Waals surface area contributed by atoms with Crippen molar-refractivity contribution in [1.82, 2.24) is 16.0 Å². The number of amides is 3. The molecule has 7 heteroatoms. The summed E-state index contributed by atoms with van der Waals surface area (Å²) in [6, 6.07) is 4.95. The average molecular weight is 350 g/mol. The Bertz CT molecular complexity index is 582. The minimum absolute atomic E-state index is 0.173.